The van der Waals surface area contributed by atoms with Crippen LogP contribution in [0.2, 0.25) is 0 Å². The molecule has 2 aromatic rings. The molecule has 0 bridgehead atoms. The molecule has 3 rings (SSSR count). The molecule has 1 amide bonds. The summed E-state index contributed by atoms with van der Waals surface area (Å²) in [5.41, 5.74) is 3.42. The lowest BCUT2D eigenvalue weighted by molar-refractivity contribution is -0.122. The summed E-state index contributed by atoms with van der Waals surface area (Å²) < 4.78 is 3.82. The molecule has 0 saturated heterocycles. The van der Waals surface area contributed by atoms with Crippen LogP contribution < -0.4 is 5.32 Å². The van der Waals surface area contributed by atoms with E-state index in [1.54, 1.807) is 11.6 Å². The molecule has 7 heteroatoms. The molecule has 1 saturated carbocycles. The minimum Gasteiger partial charge on any atom is -0.353 e. The Morgan fingerprint density at radius 1 is 1.19 bits per heavy atom. The maximum Gasteiger partial charge on any atom is 0.222 e. The van der Waals surface area contributed by atoms with Crippen LogP contribution in [0.15, 0.2) is 12.4 Å². The van der Waals surface area contributed by atoms with Gasteiger partial charge in [0, 0.05) is 30.9 Å². The molecule has 0 atom stereocenters. The van der Waals surface area contributed by atoms with Crippen LogP contribution in [0, 0.1) is 20.8 Å². The lowest BCUT2D eigenvalue weighted by Crippen LogP contribution is -2.38. The van der Waals surface area contributed by atoms with Crippen LogP contribution in [-0.4, -0.2) is 37.3 Å². The SMILES string of the molecule is CC(=O)c1c(C)nn(CCC(=O)NC2CCC(n3cc(C)cn3)CC2)c1C. The van der Waals surface area contributed by atoms with E-state index in [9.17, 15) is 9.59 Å². The van der Waals surface area contributed by atoms with E-state index in [1.165, 1.54) is 5.56 Å². The Hall–Kier alpha value is -2.44. The van der Waals surface area contributed by atoms with Crippen molar-refractivity contribution in [3.63, 3.8) is 0 Å². The molecule has 0 aliphatic heterocycles. The fraction of sp³-hybridized carbons (Fsp3) is 0.600. The number of hydrogen-bond donors (Lipinski definition) is 1. The molecule has 0 unspecified atom stereocenters. The van der Waals surface area contributed by atoms with Crippen molar-refractivity contribution >= 4 is 11.7 Å². The van der Waals surface area contributed by atoms with Crippen LogP contribution in [0.1, 0.15) is 72.4 Å². The number of aryl methyl sites for hydroxylation is 3. The number of hydrogen-bond acceptors (Lipinski definition) is 4. The first-order chi connectivity index (χ1) is 12.8. The van der Waals surface area contributed by atoms with E-state index >= 15 is 0 Å². The Labute approximate surface area is 160 Å². The quantitative estimate of drug-likeness (QED) is 0.792. The predicted octanol–water partition coefficient (Wildman–Crippen LogP) is 2.90. The van der Waals surface area contributed by atoms with Gasteiger partial charge < -0.3 is 5.32 Å². The maximum absolute atomic E-state index is 12.3. The third-order valence-corrected chi connectivity index (χ3v) is 5.45. The number of carbonyl (C=O) groups excluding carboxylic acids is 2. The van der Waals surface area contributed by atoms with Gasteiger partial charge in [-0.2, -0.15) is 10.2 Å². The van der Waals surface area contributed by atoms with Crippen molar-refractivity contribution in [3.8, 4) is 0 Å². The second-order valence-electron chi connectivity index (χ2n) is 7.65. The third kappa shape index (κ3) is 4.46. The average Bonchev–Trinajstić information content (AvgIpc) is 3.16. The Morgan fingerprint density at radius 2 is 1.89 bits per heavy atom. The summed E-state index contributed by atoms with van der Waals surface area (Å²) in [6.07, 6.45) is 8.37. The zero-order valence-corrected chi connectivity index (χ0v) is 16.7. The molecule has 0 spiro atoms. The topological polar surface area (TPSA) is 81.8 Å². The predicted molar refractivity (Wildman–Crippen MR) is 103 cm³/mol. The number of aromatic nitrogens is 4. The van der Waals surface area contributed by atoms with Crippen molar-refractivity contribution < 1.29 is 9.59 Å². The van der Waals surface area contributed by atoms with Crippen molar-refractivity contribution in [1.29, 1.82) is 0 Å². The molecule has 2 aromatic heterocycles. The molecule has 1 N–H and O–H groups in total. The van der Waals surface area contributed by atoms with Gasteiger partial charge in [0.15, 0.2) is 5.78 Å². The van der Waals surface area contributed by atoms with Gasteiger partial charge in [0.2, 0.25) is 5.91 Å². The first kappa shape index (κ1) is 19.3. The van der Waals surface area contributed by atoms with Crippen LogP contribution in [0.25, 0.3) is 0 Å². The largest absolute Gasteiger partial charge is 0.353 e. The van der Waals surface area contributed by atoms with Crippen LogP contribution in [0.4, 0.5) is 0 Å². The standard InChI is InChI=1S/C20H29N5O2/c1-13-11-21-25(12-13)18-7-5-17(6-8-18)22-19(27)9-10-24-15(3)20(16(4)26)14(2)23-24/h11-12,17-18H,5-10H2,1-4H3,(H,22,27). The molecular weight excluding hydrogens is 342 g/mol. The Balaban J connectivity index is 1.47. The smallest absolute Gasteiger partial charge is 0.222 e. The fourth-order valence-corrected chi connectivity index (χ4v) is 4.05. The van der Waals surface area contributed by atoms with Gasteiger partial charge in [0.1, 0.15) is 0 Å². The number of nitrogens with one attached hydrogen (secondary N) is 1. The molecular formula is C20H29N5O2. The summed E-state index contributed by atoms with van der Waals surface area (Å²) in [5.74, 6) is 0.0650. The average molecular weight is 371 g/mol. The molecule has 1 aliphatic carbocycles. The summed E-state index contributed by atoms with van der Waals surface area (Å²) in [5, 5.41) is 12.0. The van der Waals surface area contributed by atoms with Gasteiger partial charge in [-0.1, -0.05) is 0 Å². The number of Topliss-reactive ketones (excluding diaryl/α,β-unsaturated/α-hetero) is 1. The monoisotopic (exact) mass is 371 g/mol. The highest BCUT2D eigenvalue weighted by Gasteiger charge is 2.24. The van der Waals surface area contributed by atoms with Gasteiger partial charge in [-0.05, 0) is 58.9 Å². The van der Waals surface area contributed by atoms with E-state index in [4.69, 9.17) is 0 Å². The lowest BCUT2D eigenvalue weighted by atomic mass is 9.91. The van der Waals surface area contributed by atoms with Gasteiger partial charge in [0.05, 0.1) is 23.5 Å². The number of rotatable bonds is 6. The molecule has 27 heavy (non-hydrogen) atoms. The Kier molecular flexibility index (Phi) is 5.77. The number of carbonyl (C=O) groups is 2. The Morgan fingerprint density at radius 3 is 2.44 bits per heavy atom. The van der Waals surface area contributed by atoms with E-state index in [0.717, 1.165) is 37.1 Å². The highest BCUT2D eigenvalue weighted by Crippen LogP contribution is 2.28. The summed E-state index contributed by atoms with van der Waals surface area (Å²) in [7, 11) is 0. The van der Waals surface area contributed by atoms with Gasteiger partial charge in [-0.15, -0.1) is 0 Å². The van der Waals surface area contributed by atoms with E-state index in [0.29, 0.717) is 24.6 Å². The molecule has 1 aliphatic rings. The summed E-state index contributed by atoms with van der Waals surface area (Å²) in [4.78, 5) is 24.0. The molecule has 146 valence electrons. The van der Waals surface area contributed by atoms with Crippen molar-refractivity contribution in [2.45, 2.75) is 78.4 Å². The number of amides is 1. The van der Waals surface area contributed by atoms with Crippen molar-refractivity contribution in [3.05, 3.63) is 34.9 Å². The maximum atomic E-state index is 12.3. The van der Waals surface area contributed by atoms with Gasteiger partial charge >= 0.3 is 0 Å². The second kappa shape index (κ2) is 8.06. The van der Waals surface area contributed by atoms with Crippen LogP contribution in [0.5, 0.6) is 0 Å². The summed E-state index contributed by atoms with van der Waals surface area (Å²) >= 11 is 0. The van der Waals surface area contributed by atoms with E-state index < -0.39 is 0 Å². The zero-order chi connectivity index (χ0) is 19.6. The second-order valence-corrected chi connectivity index (χ2v) is 7.65. The Bertz CT molecular complexity index is 828. The van der Waals surface area contributed by atoms with Crippen molar-refractivity contribution in [1.82, 2.24) is 24.9 Å². The van der Waals surface area contributed by atoms with Crippen LogP contribution in [0.3, 0.4) is 0 Å². The highest BCUT2D eigenvalue weighted by atomic mass is 16.1. The van der Waals surface area contributed by atoms with Gasteiger partial charge in [-0.3, -0.25) is 19.0 Å². The first-order valence-corrected chi connectivity index (χ1v) is 9.70. The highest BCUT2D eigenvalue weighted by molar-refractivity contribution is 5.96. The van der Waals surface area contributed by atoms with E-state index in [1.807, 2.05) is 20.0 Å². The number of ketones is 1. The van der Waals surface area contributed by atoms with Gasteiger partial charge in [0.25, 0.3) is 0 Å². The molecule has 1 fully saturated rings. The normalized spacial score (nSPS) is 19.9. The molecule has 0 radical (unpaired) electrons. The third-order valence-electron chi connectivity index (χ3n) is 5.45. The van der Waals surface area contributed by atoms with Crippen molar-refractivity contribution in [2.75, 3.05) is 0 Å². The lowest BCUT2D eigenvalue weighted by Gasteiger charge is -2.29. The summed E-state index contributed by atoms with van der Waals surface area (Å²) in [6, 6.07) is 0.671. The number of nitrogens with zero attached hydrogens (tertiary/aromatic N) is 4. The zero-order valence-electron chi connectivity index (χ0n) is 16.7. The van der Waals surface area contributed by atoms with Gasteiger partial charge in [-0.25, -0.2) is 0 Å². The molecule has 2 heterocycles. The summed E-state index contributed by atoms with van der Waals surface area (Å²) in [6.45, 7) is 7.81. The molecule has 0 aromatic carbocycles. The van der Waals surface area contributed by atoms with Crippen LogP contribution >= 0.6 is 0 Å². The minimum absolute atomic E-state index is 0.0184. The minimum atomic E-state index is 0.0184. The fourth-order valence-electron chi connectivity index (χ4n) is 4.05. The van der Waals surface area contributed by atoms with E-state index in [-0.39, 0.29) is 17.7 Å². The van der Waals surface area contributed by atoms with Crippen molar-refractivity contribution in [2.24, 2.45) is 0 Å². The van der Waals surface area contributed by atoms with Crippen LogP contribution in [-0.2, 0) is 11.3 Å². The molecule has 7 nitrogen and oxygen atoms in total. The van der Waals surface area contributed by atoms with E-state index in [2.05, 4.69) is 33.3 Å². The first-order valence-electron chi connectivity index (χ1n) is 9.70.